The van der Waals surface area contributed by atoms with Gasteiger partial charge in [0, 0.05) is 35.6 Å². The average Bonchev–Trinajstić information content (AvgIpc) is 3.16. The second-order valence-electron chi connectivity index (χ2n) is 10.2. The largest absolute Gasteiger partial charge is 0.508 e. The fraction of sp³-hybridized carbons (Fsp3) is 0.483. The predicted molar refractivity (Wildman–Crippen MR) is 143 cm³/mol. The molecule has 184 valence electrons. The molecule has 0 aliphatic heterocycles. The summed E-state index contributed by atoms with van der Waals surface area (Å²) in [4.78, 5) is 7.73. The van der Waals surface area contributed by atoms with E-state index in [-0.39, 0.29) is 11.2 Å². The highest BCUT2D eigenvalue weighted by Crippen LogP contribution is 2.32. The van der Waals surface area contributed by atoms with Crippen LogP contribution in [0.1, 0.15) is 77.3 Å². The third-order valence-corrected chi connectivity index (χ3v) is 6.53. The SMILES string of the molecule is CCCCN(Cc1ccc(O)cc1Cl)Cc1c(C(C)(C)C)nc(-c2ccccc2)n1CCCC. The van der Waals surface area contributed by atoms with Gasteiger partial charge in [-0.2, -0.15) is 0 Å². The number of aromatic hydroxyl groups is 1. The van der Waals surface area contributed by atoms with Gasteiger partial charge >= 0.3 is 0 Å². The summed E-state index contributed by atoms with van der Waals surface area (Å²) in [6.45, 7) is 14.7. The first-order valence-corrected chi connectivity index (χ1v) is 13.0. The molecule has 0 fully saturated rings. The molecule has 0 bridgehead atoms. The predicted octanol–water partition coefficient (Wildman–Crippen LogP) is 7.81. The molecule has 3 aromatic rings. The van der Waals surface area contributed by atoms with Crippen LogP contribution in [0.2, 0.25) is 5.02 Å². The van der Waals surface area contributed by atoms with E-state index < -0.39 is 0 Å². The number of hydrogen-bond acceptors (Lipinski definition) is 3. The van der Waals surface area contributed by atoms with Gasteiger partial charge in [0.05, 0.1) is 11.4 Å². The van der Waals surface area contributed by atoms with E-state index in [4.69, 9.17) is 16.6 Å². The first-order chi connectivity index (χ1) is 16.2. The maximum Gasteiger partial charge on any atom is 0.140 e. The van der Waals surface area contributed by atoms with Gasteiger partial charge in [0.1, 0.15) is 11.6 Å². The Labute approximate surface area is 210 Å². The summed E-state index contributed by atoms with van der Waals surface area (Å²) in [6, 6.07) is 15.8. The van der Waals surface area contributed by atoms with Gasteiger partial charge in [-0.1, -0.05) is 95.5 Å². The Balaban J connectivity index is 2.06. The van der Waals surface area contributed by atoms with Crippen LogP contribution in [0.5, 0.6) is 5.75 Å². The zero-order valence-electron chi connectivity index (χ0n) is 21.4. The van der Waals surface area contributed by atoms with E-state index >= 15 is 0 Å². The van der Waals surface area contributed by atoms with Crippen LogP contribution in [0.4, 0.5) is 0 Å². The summed E-state index contributed by atoms with van der Waals surface area (Å²) in [5.74, 6) is 1.26. The van der Waals surface area contributed by atoms with E-state index in [0.29, 0.717) is 5.02 Å². The van der Waals surface area contributed by atoms with Crippen LogP contribution >= 0.6 is 11.6 Å². The van der Waals surface area contributed by atoms with E-state index in [9.17, 15) is 5.11 Å². The molecular weight excluding hydrogens is 442 g/mol. The number of phenols is 1. The molecule has 2 aromatic carbocycles. The smallest absolute Gasteiger partial charge is 0.140 e. The number of unbranched alkanes of at least 4 members (excludes halogenated alkanes) is 2. The molecule has 0 saturated carbocycles. The number of benzene rings is 2. The minimum Gasteiger partial charge on any atom is -0.508 e. The van der Waals surface area contributed by atoms with E-state index in [0.717, 1.165) is 68.8 Å². The third kappa shape index (κ3) is 6.64. The van der Waals surface area contributed by atoms with Crippen molar-refractivity contribution in [2.75, 3.05) is 6.54 Å². The van der Waals surface area contributed by atoms with Crippen molar-refractivity contribution in [1.82, 2.24) is 14.5 Å². The first-order valence-electron chi connectivity index (χ1n) is 12.6. The highest BCUT2D eigenvalue weighted by Gasteiger charge is 2.28. The van der Waals surface area contributed by atoms with Crippen molar-refractivity contribution in [1.29, 1.82) is 0 Å². The van der Waals surface area contributed by atoms with E-state index in [1.165, 1.54) is 11.4 Å². The Morgan fingerprint density at radius 1 is 0.971 bits per heavy atom. The lowest BCUT2D eigenvalue weighted by Gasteiger charge is -2.26. The van der Waals surface area contributed by atoms with Crippen molar-refractivity contribution in [2.45, 2.75) is 85.4 Å². The number of phenolic OH excluding ortho intramolecular Hbond substituents is 1. The fourth-order valence-electron chi connectivity index (χ4n) is 4.32. The molecule has 1 N–H and O–H groups in total. The van der Waals surface area contributed by atoms with Crippen molar-refractivity contribution in [2.24, 2.45) is 0 Å². The Morgan fingerprint density at radius 2 is 1.68 bits per heavy atom. The number of rotatable bonds is 11. The van der Waals surface area contributed by atoms with Gasteiger partial charge in [0.25, 0.3) is 0 Å². The number of nitrogens with zero attached hydrogens (tertiary/aromatic N) is 3. The highest BCUT2D eigenvalue weighted by atomic mass is 35.5. The van der Waals surface area contributed by atoms with Gasteiger partial charge < -0.3 is 9.67 Å². The molecule has 0 atom stereocenters. The van der Waals surface area contributed by atoms with E-state index in [1.54, 1.807) is 12.1 Å². The molecule has 1 heterocycles. The number of halogens is 1. The summed E-state index contributed by atoms with van der Waals surface area (Å²) < 4.78 is 2.46. The van der Waals surface area contributed by atoms with Crippen LogP contribution < -0.4 is 0 Å². The maximum absolute atomic E-state index is 9.79. The number of aromatic nitrogens is 2. The van der Waals surface area contributed by atoms with Crippen LogP contribution in [0.3, 0.4) is 0 Å². The monoisotopic (exact) mass is 481 g/mol. The van der Waals surface area contributed by atoms with Gasteiger partial charge in [-0.25, -0.2) is 4.98 Å². The molecule has 0 aliphatic carbocycles. The number of hydrogen-bond donors (Lipinski definition) is 1. The van der Waals surface area contributed by atoms with Crippen LogP contribution in [0, 0.1) is 0 Å². The van der Waals surface area contributed by atoms with E-state index in [2.05, 4.69) is 74.4 Å². The molecule has 0 saturated heterocycles. The summed E-state index contributed by atoms with van der Waals surface area (Å²) >= 11 is 6.49. The normalized spacial score (nSPS) is 12.0. The second kappa shape index (κ2) is 11.9. The average molecular weight is 482 g/mol. The van der Waals surface area contributed by atoms with Gasteiger partial charge in [-0.15, -0.1) is 0 Å². The molecule has 0 unspecified atom stereocenters. The topological polar surface area (TPSA) is 41.3 Å². The zero-order valence-corrected chi connectivity index (χ0v) is 22.2. The van der Waals surface area contributed by atoms with Gasteiger partial charge in [-0.05, 0) is 37.1 Å². The Kier molecular flexibility index (Phi) is 9.21. The van der Waals surface area contributed by atoms with Gasteiger partial charge in [0.15, 0.2) is 0 Å². The molecule has 3 rings (SSSR count). The quantitative estimate of drug-likeness (QED) is 0.303. The molecule has 0 aliphatic rings. The van der Waals surface area contributed by atoms with Crippen molar-refractivity contribution < 1.29 is 5.11 Å². The third-order valence-electron chi connectivity index (χ3n) is 6.18. The highest BCUT2D eigenvalue weighted by molar-refractivity contribution is 6.31. The van der Waals surface area contributed by atoms with Crippen LogP contribution in [0.25, 0.3) is 11.4 Å². The lowest BCUT2D eigenvalue weighted by Crippen LogP contribution is -2.28. The molecular formula is C29H40ClN3O. The Hall–Kier alpha value is -2.30. The van der Waals surface area contributed by atoms with Crippen molar-refractivity contribution in [3.8, 4) is 17.1 Å². The van der Waals surface area contributed by atoms with E-state index in [1.807, 2.05) is 6.07 Å². The summed E-state index contributed by atoms with van der Waals surface area (Å²) in [7, 11) is 0. The molecule has 1 aromatic heterocycles. The summed E-state index contributed by atoms with van der Waals surface area (Å²) in [5.41, 5.74) is 4.60. The molecule has 0 amide bonds. The lowest BCUT2D eigenvalue weighted by atomic mass is 9.90. The van der Waals surface area contributed by atoms with Crippen LogP contribution in [-0.2, 0) is 25.0 Å². The molecule has 4 nitrogen and oxygen atoms in total. The maximum atomic E-state index is 9.79. The van der Waals surface area contributed by atoms with Crippen LogP contribution in [0.15, 0.2) is 48.5 Å². The standard InChI is InChI=1S/C29H40ClN3O/c1-6-8-17-32(20-23-15-16-24(34)19-25(23)30)21-26-27(29(3,4)5)31-28(33(26)18-9-7-2)22-13-11-10-12-14-22/h10-16,19,34H,6-9,17-18,20-21H2,1-5H3. The zero-order chi connectivity index (χ0) is 24.7. The second-order valence-corrected chi connectivity index (χ2v) is 10.6. The molecule has 34 heavy (non-hydrogen) atoms. The minimum absolute atomic E-state index is 0.0665. The first kappa shape index (κ1) is 26.3. The molecule has 0 spiro atoms. The van der Waals surface area contributed by atoms with Crippen molar-refractivity contribution in [3.63, 3.8) is 0 Å². The minimum atomic E-state index is -0.0665. The lowest BCUT2D eigenvalue weighted by molar-refractivity contribution is 0.243. The fourth-order valence-corrected chi connectivity index (χ4v) is 4.56. The molecule has 0 radical (unpaired) electrons. The summed E-state index contributed by atoms with van der Waals surface area (Å²) in [5, 5.41) is 10.4. The van der Waals surface area contributed by atoms with Crippen molar-refractivity contribution >= 4 is 11.6 Å². The summed E-state index contributed by atoms with van der Waals surface area (Å²) in [6.07, 6.45) is 4.51. The van der Waals surface area contributed by atoms with Gasteiger partial charge in [-0.3, -0.25) is 4.90 Å². The molecule has 5 heteroatoms. The van der Waals surface area contributed by atoms with Crippen molar-refractivity contribution in [3.05, 3.63) is 70.5 Å². The Bertz CT molecular complexity index is 1050. The number of imidazole rings is 1. The van der Waals surface area contributed by atoms with Crippen LogP contribution in [-0.4, -0.2) is 26.1 Å². The van der Waals surface area contributed by atoms with Gasteiger partial charge in [0.2, 0.25) is 0 Å². The Morgan fingerprint density at radius 3 is 2.29 bits per heavy atom.